The van der Waals surface area contributed by atoms with E-state index in [9.17, 15) is 9.59 Å². The van der Waals surface area contributed by atoms with Gasteiger partial charge in [0.05, 0.1) is 13.2 Å². The van der Waals surface area contributed by atoms with E-state index < -0.39 is 0 Å². The first kappa shape index (κ1) is 17.9. The van der Waals surface area contributed by atoms with E-state index in [0.29, 0.717) is 19.0 Å². The fourth-order valence-electron chi connectivity index (χ4n) is 2.64. The average Bonchev–Trinajstić information content (AvgIpc) is 2.44. The zero-order chi connectivity index (χ0) is 15.8. The van der Waals surface area contributed by atoms with E-state index >= 15 is 0 Å². The molecule has 1 atom stereocenters. The van der Waals surface area contributed by atoms with Gasteiger partial charge in [-0.3, -0.25) is 9.59 Å². The van der Waals surface area contributed by atoms with Gasteiger partial charge in [0.15, 0.2) is 0 Å². The van der Waals surface area contributed by atoms with Gasteiger partial charge < -0.3 is 20.2 Å². The highest BCUT2D eigenvalue weighted by atomic mass is 16.3. The molecule has 0 bridgehead atoms. The third kappa shape index (κ3) is 6.44. The monoisotopic (exact) mass is 299 g/mol. The van der Waals surface area contributed by atoms with Gasteiger partial charge in [0, 0.05) is 32.6 Å². The Balaban J connectivity index is 2.32. The van der Waals surface area contributed by atoms with Gasteiger partial charge in [-0.25, -0.2) is 0 Å². The van der Waals surface area contributed by atoms with Crippen molar-refractivity contribution in [2.75, 3.05) is 46.4 Å². The lowest BCUT2D eigenvalue weighted by molar-refractivity contribution is -0.133. The van der Waals surface area contributed by atoms with Crippen molar-refractivity contribution in [1.29, 1.82) is 0 Å². The Morgan fingerprint density at radius 2 is 2.14 bits per heavy atom. The van der Waals surface area contributed by atoms with Gasteiger partial charge in [0.25, 0.3) is 0 Å². The Morgan fingerprint density at radius 3 is 2.76 bits per heavy atom. The average molecular weight is 299 g/mol. The number of nitrogens with one attached hydrogen (secondary N) is 1. The number of aliphatic hydroxyl groups excluding tert-OH is 1. The van der Waals surface area contributed by atoms with E-state index in [4.69, 9.17) is 5.11 Å². The lowest BCUT2D eigenvalue weighted by Gasteiger charge is -2.34. The molecule has 6 nitrogen and oxygen atoms in total. The fourth-order valence-corrected chi connectivity index (χ4v) is 2.64. The maximum absolute atomic E-state index is 12.0. The van der Waals surface area contributed by atoms with E-state index in [1.54, 1.807) is 25.8 Å². The molecule has 1 fully saturated rings. The van der Waals surface area contributed by atoms with E-state index in [1.165, 1.54) is 0 Å². The van der Waals surface area contributed by atoms with Crippen LogP contribution in [0.25, 0.3) is 0 Å². The molecule has 0 aromatic rings. The third-order valence-corrected chi connectivity index (χ3v) is 3.92. The summed E-state index contributed by atoms with van der Waals surface area (Å²) in [5.74, 6) is 0.195. The molecule has 2 N–H and O–H groups in total. The van der Waals surface area contributed by atoms with Gasteiger partial charge in [-0.1, -0.05) is 13.8 Å². The highest BCUT2D eigenvalue weighted by molar-refractivity contribution is 5.85. The van der Waals surface area contributed by atoms with Crippen LogP contribution in [0.1, 0.15) is 26.7 Å². The summed E-state index contributed by atoms with van der Waals surface area (Å²) in [6.07, 6.45) is 2.22. The molecule has 0 aliphatic carbocycles. The van der Waals surface area contributed by atoms with Crippen molar-refractivity contribution >= 4 is 11.8 Å². The molecule has 1 rings (SSSR count). The number of β-amino-alcohol motifs (C(OH)–C–C–N with tert-alkyl or cyclic N) is 1. The predicted octanol–water partition coefficient (Wildman–Crippen LogP) is -0.0787. The molecule has 0 saturated carbocycles. The largest absolute Gasteiger partial charge is 0.395 e. The zero-order valence-electron chi connectivity index (χ0n) is 13.5. The van der Waals surface area contributed by atoms with Crippen LogP contribution >= 0.6 is 0 Å². The van der Waals surface area contributed by atoms with Crippen LogP contribution in [-0.2, 0) is 9.59 Å². The second-order valence-electron chi connectivity index (χ2n) is 6.18. The van der Waals surface area contributed by atoms with Crippen LogP contribution in [0.3, 0.4) is 0 Å². The second-order valence-corrected chi connectivity index (χ2v) is 6.18. The maximum Gasteiger partial charge on any atom is 0.241 e. The number of hydrogen-bond donors (Lipinski definition) is 2. The molecule has 0 radical (unpaired) electrons. The predicted molar refractivity (Wildman–Crippen MR) is 81.7 cm³/mol. The van der Waals surface area contributed by atoms with Gasteiger partial charge >= 0.3 is 0 Å². The Morgan fingerprint density at radius 1 is 1.43 bits per heavy atom. The van der Waals surface area contributed by atoms with Gasteiger partial charge in [0.1, 0.15) is 0 Å². The lowest BCUT2D eigenvalue weighted by Crippen LogP contribution is -2.45. The van der Waals surface area contributed by atoms with Crippen LogP contribution in [0.2, 0.25) is 0 Å². The van der Waals surface area contributed by atoms with Crippen molar-refractivity contribution in [1.82, 2.24) is 15.1 Å². The van der Waals surface area contributed by atoms with E-state index in [0.717, 1.165) is 25.9 Å². The SMILES string of the molecule is CC(C)C(=O)NCC(=O)N(C)C[C@@H]1CCCN(CCO)C1. The number of carbonyl (C=O) groups is 2. The first-order chi connectivity index (χ1) is 9.93. The normalized spacial score (nSPS) is 19.6. The van der Waals surface area contributed by atoms with Crippen molar-refractivity contribution in [2.45, 2.75) is 26.7 Å². The summed E-state index contributed by atoms with van der Waals surface area (Å²) in [5.41, 5.74) is 0. The van der Waals surface area contributed by atoms with Crippen LogP contribution in [0.5, 0.6) is 0 Å². The molecule has 1 heterocycles. The van der Waals surface area contributed by atoms with Gasteiger partial charge in [-0.15, -0.1) is 0 Å². The van der Waals surface area contributed by atoms with Crippen LogP contribution in [0.15, 0.2) is 0 Å². The highest BCUT2D eigenvalue weighted by Gasteiger charge is 2.22. The summed E-state index contributed by atoms with van der Waals surface area (Å²) in [7, 11) is 1.79. The Kier molecular flexibility index (Phi) is 7.67. The highest BCUT2D eigenvalue weighted by Crippen LogP contribution is 2.16. The van der Waals surface area contributed by atoms with Crippen LogP contribution < -0.4 is 5.32 Å². The molecule has 0 spiro atoms. The number of likely N-dealkylation sites (N-methyl/N-ethyl adjacent to an activating group) is 1. The molecule has 2 amide bonds. The van der Waals surface area contributed by atoms with Crippen LogP contribution in [0.4, 0.5) is 0 Å². The number of hydrogen-bond acceptors (Lipinski definition) is 4. The standard InChI is InChI=1S/C15H29N3O3/c1-12(2)15(21)16-9-14(20)17(3)10-13-5-4-6-18(11-13)7-8-19/h12-13,19H,4-11H2,1-3H3,(H,16,21)/t13-/m0/s1. The minimum absolute atomic E-state index is 0.0525. The first-order valence-electron chi connectivity index (χ1n) is 7.79. The zero-order valence-corrected chi connectivity index (χ0v) is 13.5. The number of amides is 2. The maximum atomic E-state index is 12.0. The summed E-state index contributed by atoms with van der Waals surface area (Å²) in [5, 5.41) is 11.7. The van der Waals surface area contributed by atoms with Crippen LogP contribution in [-0.4, -0.2) is 73.1 Å². The summed E-state index contributed by atoms with van der Waals surface area (Å²) in [6.45, 7) is 7.23. The fraction of sp³-hybridized carbons (Fsp3) is 0.867. The molecular weight excluding hydrogens is 270 g/mol. The first-order valence-corrected chi connectivity index (χ1v) is 7.79. The van der Waals surface area contributed by atoms with Crippen LogP contribution in [0, 0.1) is 11.8 Å². The number of aliphatic hydroxyl groups is 1. The molecule has 6 heteroatoms. The lowest BCUT2D eigenvalue weighted by atomic mass is 9.97. The van der Waals surface area contributed by atoms with E-state index in [1.807, 2.05) is 0 Å². The summed E-state index contributed by atoms with van der Waals surface area (Å²) < 4.78 is 0. The Bertz CT molecular complexity index is 345. The molecule has 21 heavy (non-hydrogen) atoms. The summed E-state index contributed by atoms with van der Waals surface area (Å²) in [4.78, 5) is 27.4. The van der Waals surface area contributed by atoms with Gasteiger partial charge in [-0.2, -0.15) is 0 Å². The number of nitrogens with zero attached hydrogens (tertiary/aromatic N) is 2. The quantitative estimate of drug-likeness (QED) is 0.690. The Labute approximate surface area is 127 Å². The van der Waals surface area contributed by atoms with E-state index in [-0.39, 0.29) is 30.9 Å². The van der Waals surface area contributed by atoms with Crippen molar-refractivity contribution in [2.24, 2.45) is 11.8 Å². The topological polar surface area (TPSA) is 72.9 Å². The molecule has 0 aromatic heterocycles. The second kappa shape index (κ2) is 9.00. The summed E-state index contributed by atoms with van der Waals surface area (Å²) >= 11 is 0. The molecule has 0 unspecified atom stereocenters. The molecule has 1 aliphatic heterocycles. The smallest absolute Gasteiger partial charge is 0.241 e. The third-order valence-electron chi connectivity index (χ3n) is 3.92. The molecule has 1 saturated heterocycles. The number of piperidine rings is 1. The summed E-state index contributed by atoms with van der Waals surface area (Å²) in [6, 6.07) is 0. The minimum atomic E-state index is -0.103. The van der Waals surface area contributed by atoms with Crippen molar-refractivity contribution in [3.8, 4) is 0 Å². The molecular formula is C15H29N3O3. The van der Waals surface area contributed by atoms with Crippen molar-refractivity contribution < 1.29 is 14.7 Å². The van der Waals surface area contributed by atoms with E-state index in [2.05, 4.69) is 10.2 Å². The molecule has 122 valence electrons. The molecule has 0 aromatic carbocycles. The minimum Gasteiger partial charge on any atom is -0.395 e. The van der Waals surface area contributed by atoms with Crippen molar-refractivity contribution in [3.63, 3.8) is 0 Å². The molecule has 1 aliphatic rings. The number of carbonyl (C=O) groups excluding carboxylic acids is 2. The van der Waals surface area contributed by atoms with Crippen molar-refractivity contribution in [3.05, 3.63) is 0 Å². The van der Waals surface area contributed by atoms with Gasteiger partial charge in [0.2, 0.25) is 11.8 Å². The number of rotatable bonds is 7. The Hall–Kier alpha value is -1.14. The van der Waals surface area contributed by atoms with Gasteiger partial charge in [-0.05, 0) is 25.3 Å². The number of likely N-dealkylation sites (tertiary alicyclic amines) is 1.